The average molecular weight is 453 g/mol. The van der Waals surface area contributed by atoms with Crippen molar-refractivity contribution in [1.82, 2.24) is 20.3 Å². The Morgan fingerprint density at radius 1 is 1.18 bits per heavy atom. The van der Waals surface area contributed by atoms with Gasteiger partial charge in [0, 0.05) is 11.0 Å². The molecule has 0 fully saturated rings. The van der Waals surface area contributed by atoms with Crippen LogP contribution in [0.15, 0.2) is 46.9 Å². The van der Waals surface area contributed by atoms with E-state index in [0.29, 0.717) is 5.69 Å². The van der Waals surface area contributed by atoms with Gasteiger partial charge in [0.2, 0.25) is 0 Å². The number of amides is 1. The molecule has 0 saturated heterocycles. The van der Waals surface area contributed by atoms with Crippen LogP contribution in [-0.4, -0.2) is 20.9 Å². The molecule has 0 aliphatic rings. The molecule has 9 heteroatoms. The third-order valence-corrected chi connectivity index (χ3v) is 5.15. The Morgan fingerprint density at radius 2 is 1.89 bits per heavy atom. The van der Waals surface area contributed by atoms with Crippen molar-refractivity contribution >= 4 is 21.8 Å². The second-order valence-electron chi connectivity index (χ2n) is 6.21. The number of carbonyl (C=O) groups is 1. The smallest absolute Gasteiger partial charge is 0.346 e. The van der Waals surface area contributed by atoms with Crippen LogP contribution in [-0.2, 0) is 12.7 Å². The molecule has 0 aliphatic heterocycles. The van der Waals surface area contributed by atoms with Gasteiger partial charge in [0.1, 0.15) is 0 Å². The topological polar surface area (TPSA) is 59.8 Å². The Bertz CT molecular complexity index is 1030. The number of benzene rings is 2. The molecule has 1 amide bonds. The first kappa shape index (κ1) is 20.1. The zero-order valence-corrected chi connectivity index (χ0v) is 16.6. The molecule has 2 aromatic carbocycles. The van der Waals surface area contributed by atoms with E-state index in [2.05, 4.69) is 31.6 Å². The minimum atomic E-state index is -4.49. The normalized spacial score (nSPS) is 11.5. The molecule has 1 N–H and O–H groups in total. The number of nitrogens with one attached hydrogen (secondary N) is 1. The predicted octanol–water partition coefficient (Wildman–Crippen LogP) is 4.60. The van der Waals surface area contributed by atoms with Crippen molar-refractivity contribution in [1.29, 1.82) is 0 Å². The minimum Gasteiger partial charge on any atom is -0.346 e. The summed E-state index contributed by atoms with van der Waals surface area (Å²) >= 11 is 3.42. The van der Waals surface area contributed by atoms with Crippen molar-refractivity contribution in [3.63, 3.8) is 0 Å². The number of rotatable bonds is 4. The molecule has 0 atom stereocenters. The van der Waals surface area contributed by atoms with E-state index in [9.17, 15) is 18.0 Å². The summed E-state index contributed by atoms with van der Waals surface area (Å²) < 4.78 is 41.7. The summed E-state index contributed by atoms with van der Waals surface area (Å²) in [5.74, 6) is -0.588. The third-order valence-electron chi connectivity index (χ3n) is 4.26. The molecule has 0 spiro atoms. The van der Waals surface area contributed by atoms with E-state index in [4.69, 9.17) is 0 Å². The zero-order valence-electron chi connectivity index (χ0n) is 15.0. The van der Waals surface area contributed by atoms with Crippen LogP contribution >= 0.6 is 15.9 Å². The van der Waals surface area contributed by atoms with E-state index in [1.807, 2.05) is 25.1 Å². The molecule has 3 rings (SSSR count). The van der Waals surface area contributed by atoms with Crippen LogP contribution in [0.3, 0.4) is 0 Å². The van der Waals surface area contributed by atoms with Crippen LogP contribution in [0.25, 0.3) is 5.69 Å². The lowest BCUT2D eigenvalue weighted by atomic mass is 10.1. The highest BCUT2D eigenvalue weighted by Crippen LogP contribution is 2.31. The molecule has 0 saturated carbocycles. The lowest BCUT2D eigenvalue weighted by Gasteiger charge is -2.13. The van der Waals surface area contributed by atoms with E-state index in [1.54, 1.807) is 6.92 Å². The van der Waals surface area contributed by atoms with E-state index in [-0.39, 0.29) is 17.8 Å². The average Bonchev–Trinajstić information content (AvgIpc) is 3.03. The Balaban J connectivity index is 1.80. The number of nitrogens with zero attached hydrogens (tertiary/aromatic N) is 3. The molecule has 0 unspecified atom stereocenters. The lowest BCUT2D eigenvalue weighted by Crippen LogP contribution is -2.25. The SMILES string of the molecule is Cc1cc(-n2nnc(C(=O)NCc3ccccc3C(F)(F)F)c2C)ccc1Br. The van der Waals surface area contributed by atoms with Crippen molar-refractivity contribution in [2.24, 2.45) is 0 Å². The van der Waals surface area contributed by atoms with Gasteiger partial charge in [-0.15, -0.1) is 5.10 Å². The number of hydrogen-bond acceptors (Lipinski definition) is 3. The van der Waals surface area contributed by atoms with E-state index < -0.39 is 17.6 Å². The molecule has 146 valence electrons. The van der Waals surface area contributed by atoms with Crippen LogP contribution in [0.4, 0.5) is 13.2 Å². The fourth-order valence-corrected chi connectivity index (χ4v) is 3.00. The summed E-state index contributed by atoms with van der Waals surface area (Å²) in [6, 6.07) is 10.7. The minimum absolute atomic E-state index is 0.0167. The van der Waals surface area contributed by atoms with Gasteiger partial charge in [-0.1, -0.05) is 39.3 Å². The standard InChI is InChI=1S/C19H16BrF3N4O/c1-11-9-14(7-8-16(11)20)27-12(2)17(25-26-27)18(28)24-10-13-5-3-4-6-15(13)19(21,22)23/h3-9H,10H2,1-2H3,(H,24,28). The first-order valence-corrected chi connectivity index (χ1v) is 9.10. The van der Waals surface area contributed by atoms with E-state index >= 15 is 0 Å². The Labute approximate surface area is 167 Å². The maximum absolute atomic E-state index is 13.1. The zero-order chi connectivity index (χ0) is 20.5. The number of halogens is 4. The summed E-state index contributed by atoms with van der Waals surface area (Å²) in [6.45, 7) is 3.33. The van der Waals surface area contributed by atoms with Crippen molar-refractivity contribution in [2.75, 3.05) is 0 Å². The Kier molecular flexibility index (Phi) is 5.55. The number of carbonyl (C=O) groups excluding carboxylic acids is 1. The number of hydrogen-bond donors (Lipinski definition) is 1. The van der Waals surface area contributed by atoms with Crippen molar-refractivity contribution in [3.05, 3.63) is 75.0 Å². The van der Waals surface area contributed by atoms with Gasteiger partial charge in [-0.25, -0.2) is 4.68 Å². The molecular formula is C19H16BrF3N4O. The Morgan fingerprint density at radius 3 is 2.57 bits per heavy atom. The van der Waals surface area contributed by atoms with Gasteiger partial charge in [0.15, 0.2) is 5.69 Å². The summed E-state index contributed by atoms with van der Waals surface area (Å²) in [5, 5.41) is 10.4. The number of aryl methyl sites for hydroxylation is 1. The van der Waals surface area contributed by atoms with Crippen molar-refractivity contribution < 1.29 is 18.0 Å². The summed E-state index contributed by atoms with van der Waals surface area (Å²) in [6.07, 6.45) is -4.49. The van der Waals surface area contributed by atoms with Crippen LogP contribution in [0.2, 0.25) is 0 Å². The summed E-state index contributed by atoms with van der Waals surface area (Å²) in [5.41, 5.74) is 1.47. The summed E-state index contributed by atoms with van der Waals surface area (Å²) in [7, 11) is 0. The van der Waals surface area contributed by atoms with Gasteiger partial charge in [0.05, 0.1) is 16.9 Å². The largest absolute Gasteiger partial charge is 0.416 e. The monoisotopic (exact) mass is 452 g/mol. The molecule has 3 aromatic rings. The van der Waals surface area contributed by atoms with E-state index in [0.717, 1.165) is 21.8 Å². The molecule has 0 radical (unpaired) electrons. The quantitative estimate of drug-likeness (QED) is 0.629. The fourth-order valence-electron chi connectivity index (χ4n) is 2.76. The van der Waals surface area contributed by atoms with Crippen LogP contribution in [0.1, 0.15) is 32.9 Å². The predicted molar refractivity (Wildman–Crippen MR) is 101 cm³/mol. The maximum Gasteiger partial charge on any atom is 0.416 e. The molecule has 0 bridgehead atoms. The van der Waals surface area contributed by atoms with Crippen LogP contribution < -0.4 is 5.32 Å². The highest BCUT2D eigenvalue weighted by molar-refractivity contribution is 9.10. The first-order chi connectivity index (χ1) is 13.2. The fraction of sp³-hybridized carbons (Fsp3) is 0.211. The van der Waals surface area contributed by atoms with Crippen molar-refractivity contribution in [3.8, 4) is 5.69 Å². The molecule has 0 aliphatic carbocycles. The van der Waals surface area contributed by atoms with Crippen LogP contribution in [0.5, 0.6) is 0 Å². The summed E-state index contributed by atoms with van der Waals surface area (Å²) in [4.78, 5) is 12.4. The highest BCUT2D eigenvalue weighted by atomic mass is 79.9. The Hall–Kier alpha value is -2.68. The third kappa shape index (κ3) is 4.09. The molecule has 5 nitrogen and oxygen atoms in total. The number of aromatic nitrogens is 3. The first-order valence-electron chi connectivity index (χ1n) is 8.30. The molecule has 1 heterocycles. The van der Waals surface area contributed by atoms with Gasteiger partial charge in [-0.2, -0.15) is 13.2 Å². The highest BCUT2D eigenvalue weighted by Gasteiger charge is 2.33. The van der Waals surface area contributed by atoms with Gasteiger partial charge in [-0.3, -0.25) is 4.79 Å². The van der Waals surface area contributed by atoms with E-state index in [1.165, 1.54) is 22.9 Å². The molecular weight excluding hydrogens is 437 g/mol. The van der Waals surface area contributed by atoms with Crippen molar-refractivity contribution in [2.45, 2.75) is 26.6 Å². The molecule has 1 aromatic heterocycles. The second kappa shape index (κ2) is 7.75. The second-order valence-corrected chi connectivity index (χ2v) is 7.06. The van der Waals surface area contributed by atoms with Gasteiger partial charge in [0.25, 0.3) is 5.91 Å². The maximum atomic E-state index is 13.1. The van der Waals surface area contributed by atoms with Crippen LogP contribution in [0, 0.1) is 13.8 Å². The van der Waals surface area contributed by atoms with Gasteiger partial charge >= 0.3 is 6.18 Å². The van der Waals surface area contributed by atoms with Gasteiger partial charge in [-0.05, 0) is 49.2 Å². The molecule has 28 heavy (non-hydrogen) atoms. The number of alkyl halides is 3. The van der Waals surface area contributed by atoms with Gasteiger partial charge < -0.3 is 5.32 Å². The lowest BCUT2D eigenvalue weighted by molar-refractivity contribution is -0.138.